The Morgan fingerprint density at radius 1 is 1.14 bits per heavy atom. The van der Waals surface area contributed by atoms with Crippen LogP contribution in [0.1, 0.15) is 5.56 Å². The molecule has 2 aromatic rings. The Morgan fingerprint density at radius 2 is 1.95 bits per heavy atom. The summed E-state index contributed by atoms with van der Waals surface area (Å²) >= 11 is 0. The van der Waals surface area contributed by atoms with Gasteiger partial charge in [0.2, 0.25) is 12.7 Å². The molecule has 0 bridgehead atoms. The van der Waals surface area contributed by atoms with Gasteiger partial charge in [0.25, 0.3) is 0 Å². The molecule has 1 aliphatic rings. The second-order valence-electron chi connectivity index (χ2n) is 4.81. The van der Waals surface area contributed by atoms with Gasteiger partial charge in [0, 0.05) is 23.9 Å². The zero-order valence-corrected chi connectivity index (χ0v) is 11.8. The van der Waals surface area contributed by atoms with E-state index in [0.29, 0.717) is 29.3 Å². The molecule has 0 unspecified atom stereocenters. The smallest absolute Gasteiger partial charge is 0.238 e. The first-order valence-corrected chi connectivity index (χ1v) is 6.86. The van der Waals surface area contributed by atoms with Crippen molar-refractivity contribution in [1.29, 1.82) is 0 Å². The van der Waals surface area contributed by atoms with E-state index in [1.165, 1.54) is 6.07 Å². The summed E-state index contributed by atoms with van der Waals surface area (Å²) in [6, 6.07) is 11.6. The third-order valence-corrected chi connectivity index (χ3v) is 3.22. The van der Waals surface area contributed by atoms with Crippen LogP contribution in [0.15, 0.2) is 42.5 Å². The fraction of sp³-hybridized carbons (Fsp3) is 0.188. The molecule has 2 aromatic carbocycles. The largest absolute Gasteiger partial charge is 0.454 e. The van der Waals surface area contributed by atoms with Gasteiger partial charge in [-0.1, -0.05) is 18.2 Å². The van der Waals surface area contributed by atoms with Gasteiger partial charge in [-0.3, -0.25) is 4.79 Å². The minimum atomic E-state index is -0.286. The van der Waals surface area contributed by atoms with Crippen molar-refractivity contribution in [2.45, 2.75) is 6.54 Å². The predicted molar refractivity (Wildman–Crippen MR) is 79.3 cm³/mol. The quantitative estimate of drug-likeness (QED) is 0.889. The van der Waals surface area contributed by atoms with E-state index in [2.05, 4.69) is 10.6 Å². The number of nitrogens with one attached hydrogen (secondary N) is 2. The lowest BCUT2D eigenvalue weighted by Crippen LogP contribution is -2.28. The lowest BCUT2D eigenvalue weighted by molar-refractivity contribution is -0.115. The first-order valence-electron chi connectivity index (χ1n) is 6.86. The maximum Gasteiger partial charge on any atom is 0.238 e. The van der Waals surface area contributed by atoms with Crippen LogP contribution in [-0.2, 0) is 11.3 Å². The van der Waals surface area contributed by atoms with Gasteiger partial charge in [0.1, 0.15) is 5.82 Å². The number of amides is 1. The maximum atomic E-state index is 13.4. The van der Waals surface area contributed by atoms with Crippen molar-refractivity contribution in [1.82, 2.24) is 5.32 Å². The van der Waals surface area contributed by atoms with Crippen LogP contribution in [0.2, 0.25) is 0 Å². The van der Waals surface area contributed by atoms with Crippen LogP contribution in [0, 0.1) is 5.82 Å². The van der Waals surface area contributed by atoms with Crippen molar-refractivity contribution >= 4 is 11.6 Å². The zero-order valence-electron chi connectivity index (χ0n) is 11.8. The summed E-state index contributed by atoms with van der Waals surface area (Å²) in [5, 5.41) is 5.65. The first-order chi connectivity index (χ1) is 10.7. The monoisotopic (exact) mass is 302 g/mol. The molecule has 0 aliphatic carbocycles. The lowest BCUT2D eigenvalue weighted by atomic mass is 10.2. The highest BCUT2D eigenvalue weighted by molar-refractivity contribution is 5.92. The molecule has 0 radical (unpaired) electrons. The van der Waals surface area contributed by atoms with Crippen LogP contribution in [0.4, 0.5) is 10.1 Å². The Morgan fingerprint density at radius 3 is 2.82 bits per heavy atom. The van der Waals surface area contributed by atoms with Gasteiger partial charge in [-0.2, -0.15) is 0 Å². The van der Waals surface area contributed by atoms with E-state index in [1.54, 1.807) is 36.4 Å². The average molecular weight is 302 g/mol. The summed E-state index contributed by atoms with van der Waals surface area (Å²) < 4.78 is 23.9. The number of hydrogen-bond donors (Lipinski definition) is 2. The molecule has 6 heteroatoms. The van der Waals surface area contributed by atoms with Crippen LogP contribution in [0.25, 0.3) is 0 Å². The molecule has 0 spiro atoms. The number of ether oxygens (including phenoxy) is 2. The Labute approximate surface area is 127 Å². The van der Waals surface area contributed by atoms with Gasteiger partial charge in [0.15, 0.2) is 11.5 Å². The molecule has 114 valence electrons. The van der Waals surface area contributed by atoms with Gasteiger partial charge in [-0.25, -0.2) is 4.39 Å². The third-order valence-electron chi connectivity index (χ3n) is 3.22. The molecule has 5 nitrogen and oxygen atoms in total. The number of anilines is 1. The minimum Gasteiger partial charge on any atom is -0.454 e. The Bertz CT molecular complexity index is 691. The summed E-state index contributed by atoms with van der Waals surface area (Å²) in [5.74, 6) is 0.772. The van der Waals surface area contributed by atoms with E-state index < -0.39 is 0 Å². The Hall–Kier alpha value is -2.60. The number of hydrogen-bond acceptors (Lipinski definition) is 4. The molecule has 2 N–H and O–H groups in total. The van der Waals surface area contributed by atoms with E-state index in [1.807, 2.05) is 0 Å². The molecule has 0 fully saturated rings. The first kappa shape index (κ1) is 14.3. The van der Waals surface area contributed by atoms with E-state index in [9.17, 15) is 9.18 Å². The highest BCUT2D eigenvalue weighted by Gasteiger charge is 2.14. The fourth-order valence-corrected chi connectivity index (χ4v) is 2.13. The van der Waals surface area contributed by atoms with Crippen LogP contribution in [0.5, 0.6) is 11.5 Å². The number of carbonyl (C=O) groups is 1. The van der Waals surface area contributed by atoms with E-state index >= 15 is 0 Å². The second-order valence-corrected chi connectivity index (χ2v) is 4.81. The van der Waals surface area contributed by atoms with Gasteiger partial charge in [0.05, 0.1) is 6.54 Å². The average Bonchev–Trinajstić information content (AvgIpc) is 2.97. The molecule has 0 aromatic heterocycles. The standard InChI is InChI=1S/C16H15FN2O3/c17-13-4-2-1-3-11(13)8-18-9-16(20)19-12-5-6-14-15(7-12)22-10-21-14/h1-7,18H,8-10H2,(H,19,20). The van der Waals surface area contributed by atoms with Crippen LogP contribution >= 0.6 is 0 Å². The molecular weight excluding hydrogens is 287 g/mol. The number of rotatable bonds is 5. The predicted octanol–water partition coefficient (Wildman–Crippen LogP) is 2.28. The van der Waals surface area contributed by atoms with E-state index in [0.717, 1.165) is 0 Å². The van der Waals surface area contributed by atoms with Crippen molar-refractivity contribution in [3.05, 3.63) is 53.8 Å². The number of benzene rings is 2. The van der Waals surface area contributed by atoms with Gasteiger partial charge in [-0.05, 0) is 18.2 Å². The minimum absolute atomic E-state index is 0.0861. The molecule has 3 rings (SSSR count). The van der Waals surface area contributed by atoms with Crippen molar-refractivity contribution in [3.63, 3.8) is 0 Å². The number of fused-ring (bicyclic) bond motifs is 1. The van der Waals surface area contributed by atoms with Crippen molar-refractivity contribution < 1.29 is 18.7 Å². The van der Waals surface area contributed by atoms with E-state index in [4.69, 9.17) is 9.47 Å². The maximum absolute atomic E-state index is 13.4. The summed E-state index contributed by atoms with van der Waals surface area (Å²) in [5.41, 5.74) is 1.15. The number of halogens is 1. The van der Waals surface area contributed by atoms with Gasteiger partial charge < -0.3 is 20.1 Å². The summed E-state index contributed by atoms with van der Waals surface area (Å²) in [4.78, 5) is 11.8. The van der Waals surface area contributed by atoms with Gasteiger partial charge >= 0.3 is 0 Å². The van der Waals surface area contributed by atoms with Crippen LogP contribution < -0.4 is 20.1 Å². The Balaban J connectivity index is 1.49. The highest BCUT2D eigenvalue weighted by atomic mass is 19.1. The molecule has 0 saturated heterocycles. The SMILES string of the molecule is O=C(CNCc1ccccc1F)Nc1ccc2c(c1)OCO2. The van der Waals surface area contributed by atoms with Crippen LogP contribution in [-0.4, -0.2) is 19.2 Å². The summed E-state index contributed by atoms with van der Waals surface area (Å²) in [7, 11) is 0. The summed E-state index contributed by atoms with van der Waals surface area (Å²) in [6.07, 6.45) is 0. The van der Waals surface area contributed by atoms with Crippen molar-refractivity contribution in [3.8, 4) is 11.5 Å². The molecule has 1 aliphatic heterocycles. The molecule has 0 saturated carbocycles. The molecular formula is C16H15FN2O3. The second kappa shape index (κ2) is 6.44. The molecule has 0 atom stereocenters. The topological polar surface area (TPSA) is 59.6 Å². The van der Waals surface area contributed by atoms with Crippen LogP contribution in [0.3, 0.4) is 0 Å². The molecule has 22 heavy (non-hydrogen) atoms. The third kappa shape index (κ3) is 3.35. The fourth-order valence-electron chi connectivity index (χ4n) is 2.13. The zero-order chi connectivity index (χ0) is 15.4. The van der Waals surface area contributed by atoms with Crippen molar-refractivity contribution in [2.75, 3.05) is 18.7 Å². The lowest BCUT2D eigenvalue weighted by Gasteiger charge is -2.08. The number of carbonyl (C=O) groups excluding carboxylic acids is 1. The van der Waals surface area contributed by atoms with E-state index in [-0.39, 0.29) is 25.1 Å². The summed E-state index contributed by atoms with van der Waals surface area (Å²) in [6.45, 7) is 0.570. The Kier molecular flexibility index (Phi) is 4.20. The highest BCUT2D eigenvalue weighted by Crippen LogP contribution is 2.34. The van der Waals surface area contributed by atoms with Crippen molar-refractivity contribution in [2.24, 2.45) is 0 Å². The molecule has 1 amide bonds. The molecule has 1 heterocycles. The van der Waals surface area contributed by atoms with Gasteiger partial charge in [-0.15, -0.1) is 0 Å². The normalized spacial score (nSPS) is 12.2.